The summed E-state index contributed by atoms with van der Waals surface area (Å²) in [5.74, 6) is 1.10. The highest BCUT2D eigenvalue weighted by Crippen LogP contribution is 2.41. The van der Waals surface area contributed by atoms with Crippen molar-refractivity contribution in [1.82, 2.24) is 0 Å². The number of carbonyl (C=O) groups excluding carboxylic acids is 1. The van der Waals surface area contributed by atoms with E-state index in [0.717, 1.165) is 16.1 Å². The Bertz CT molecular complexity index is 689. The summed E-state index contributed by atoms with van der Waals surface area (Å²) in [4.78, 5) is 13.1. The van der Waals surface area contributed by atoms with Crippen molar-refractivity contribution in [3.8, 4) is 11.5 Å². The first-order valence-corrected chi connectivity index (χ1v) is 6.94. The van der Waals surface area contributed by atoms with Gasteiger partial charge in [-0.1, -0.05) is 6.07 Å². The molecule has 1 aromatic heterocycles. The van der Waals surface area contributed by atoms with Crippen molar-refractivity contribution >= 4 is 34.6 Å². The van der Waals surface area contributed by atoms with E-state index in [0.29, 0.717) is 17.1 Å². The first-order chi connectivity index (χ1) is 9.72. The highest BCUT2D eigenvalue weighted by atomic mass is 32.1. The SMILES string of the molecule is COc1cc2c(cc1OC)/C(=C/c1cccs1)C(=O)N2. The zero-order chi connectivity index (χ0) is 14.1. The molecule has 0 saturated heterocycles. The zero-order valence-corrected chi connectivity index (χ0v) is 11.9. The van der Waals surface area contributed by atoms with Gasteiger partial charge in [-0.15, -0.1) is 11.3 Å². The Morgan fingerprint density at radius 3 is 2.60 bits per heavy atom. The van der Waals surface area contributed by atoms with Crippen molar-refractivity contribution in [3.63, 3.8) is 0 Å². The van der Waals surface area contributed by atoms with E-state index in [-0.39, 0.29) is 5.91 Å². The molecule has 1 N–H and O–H groups in total. The van der Waals surface area contributed by atoms with Crippen LogP contribution in [0.1, 0.15) is 10.4 Å². The van der Waals surface area contributed by atoms with Gasteiger partial charge in [0, 0.05) is 16.5 Å². The van der Waals surface area contributed by atoms with Gasteiger partial charge in [0.2, 0.25) is 0 Å². The predicted molar refractivity (Wildman–Crippen MR) is 80.4 cm³/mol. The maximum atomic E-state index is 12.1. The van der Waals surface area contributed by atoms with Crippen molar-refractivity contribution in [1.29, 1.82) is 0 Å². The molecule has 0 aliphatic carbocycles. The van der Waals surface area contributed by atoms with Crippen LogP contribution in [-0.2, 0) is 4.79 Å². The molecule has 4 nitrogen and oxygen atoms in total. The summed E-state index contributed by atoms with van der Waals surface area (Å²) in [5, 5.41) is 4.83. The second kappa shape index (κ2) is 5.02. The van der Waals surface area contributed by atoms with Gasteiger partial charge in [0.25, 0.3) is 5.91 Å². The molecule has 2 heterocycles. The van der Waals surface area contributed by atoms with Crippen molar-refractivity contribution in [2.45, 2.75) is 0 Å². The first-order valence-electron chi connectivity index (χ1n) is 6.06. The van der Waals surface area contributed by atoms with E-state index in [2.05, 4.69) is 5.32 Å². The Kier molecular flexibility index (Phi) is 3.20. The molecule has 3 rings (SSSR count). The van der Waals surface area contributed by atoms with Crippen LogP contribution >= 0.6 is 11.3 Å². The average molecular weight is 287 g/mol. The van der Waals surface area contributed by atoms with Crippen LogP contribution in [0.2, 0.25) is 0 Å². The summed E-state index contributed by atoms with van der Waals surface area (Å²) in [6.45, 7) is 0. The minimum atomic E-state index is -0.108. The number of hydrogen-bond donors (Lipinski definition) is 1. The Balaban J connectivity index is 2.12. The second-order valence-corrected chi connectivity index (χ2v) is 5.26. The highest BCUT2D eigenvalue weighted by molar-refractivity contribution is 7.11. The smallest absolute Gasteiger partial charge is 0.256 e. The van der Waals surface area contributed by atoms with E-state index in [9.17, 15) is 4.79 Å². The van der Waals surface area contributed by atoms with E-state index in [1.807, 2.05) is 29.7 Å². The minimum absolute atomic E-state index is 0.108. The number of thiophene rings is 1. The maximum Gasteiger partial charge on any atom is 0.256 e. The fourth-order valence-corrected chi connectivity index (χ4v) is 2.83. The molecule has 0 unspecified atom stereocenters. The van der Waals surface area contributed by atoms with Crippen LogP contribution in [0.15, 0.2) is 29.6 Å². The minimum Gasteiger partial charge on any atom is -0.493 e. The van der Waals surface area contributed by atoms with E-state index in [4.69, 9.17) is 9.47 Å². The zero-order valence-electron chi connectivity index (χ0n) is 11.1. The fraction of sp³-hybridized carbons (Fsp3) is 0.133. The summed E-state index contributed by atoms with van der Waals surface area (Å²) in [7, 11) is 3.15. The van der Waals surface area contributed by atoms with E-state index in [1.165, 1.54) is 0 Å². The van der Waals surface area contributed by atoms with Gasteiger partial charge in [0.05, 0.1) is 25.5 Å². The Morgan fingerprint density at radius 1 is 1.20 bits per heavy atom. The standard InChI is InChI=1S/C15H13NO3S/c1-18-13-7-10-11(6-9-4-3-5-20-9)15(17)16-12(10)8-14(13)19-2/h3-8H,1-2H3,(H,16,17)/b11-6-. The summed E-state index contributed by atoms with van der Waals surface area (Å²) < 4.78 is 10.5. The normalized spacial score (nSPS) is 15.1. The van der Waals surface area contributed by atoms with Crippen molar-refractivity contribution in [2.75, 3.05) is 19.5 Å². The van der Waals surface area contributed by atoms with Crippen LogP contribution in [0.5, 0.6) is 11.5 Å². The number of ether oxygens (including phenoxy) is 2. The fourth-order valence-electron chi connectivity index (χ4n) is 2.18. The van der Waals surface area contributed by atoms with Crippen LogP contribution in [0, 0.1) is 0 Å². The summed E-state index contributed by atoms with van der Waals surface area (Å²) in [6, 6.07) is 7.54. The molecule has 2 aromatic rings. The maximum absolute atomic E-state index is 12.1. The number of carbonyl (C=O) groups is 1. The van der Waals surface area contributed by atoms with E-state index < -0.39 is 0 Å². The molecule has 0 atom stereocenters. The number of hydrogen-bond acceptors (Lipinski definition) is 4. The second-order valence-electron chi connectivity index (χ2n) is 4.28. The summed E-state index contributed by atoms with van der Waals surface area (Å²) >= 11 is 1.59. The summed E-state index contributed by atoms with van der Waals surface area (Å²) in [6.07, 6.45) is 1.89. The number of nitrogens with one attached hydrogen (secondary N) is 1. The van der Waals surface area contributed by atoms with Gasteiger partial charge in [-0.25, -0.2) is 0 Å². The summed E-state index contributed by atoms with van der Waals surface area (Å²) in [5.41, 5.74) is 2.22. The number of fused-ring (bicyclic) bond motifs is 1. The largest absolute Gasteiger partial charge is 0.493 e. The molecule has 1 aliphatic rings. The lowest BCUT2D eigenvalue weighted by Gasteiger charge is -2.09. The van der Waals surface area contributed by atoms with Crippen molar-refractivity contribution in [3.05, 3.63) is 40.1 Å². The molecule has 5 heteroatoms. The first kappa shape index (κ1) is 12.7. The van der Waals surface area contributed by atoms with Crippen LogP contribution in [0.4, 0.5) is 5.69 Å². The molecular formula is C15H13NO3S. The van der Waals surface area contributed by atoms with Gasteiger partial charge in [-0.05, 0) is 23.6 Å². The van der Waals surface area contributed by atoms with E-state index in [1.54, 1.807) is 31.6 Å². The van der Waals surface area contributed by atoms with Crippen LogP contribution in [0.3, 0.4) is 0 Å². The quantitative estimate of drug-likeness (QED) is 0.881. The lowest BCUT2D eigenvalue weighted by molar-refractivity contribution is -0.110. The molecule has 1 amide bonds. The molecule has 102 valence electrons. The van der Waals surface area contributed by atoms with Gasteiger partial charge in [-0.3, -0.25) is 4.79 Å². The third-order valence-corrected chi connectivity index (χ3v) is 3.96. The molecule has 0 fully saturated rings. The average Bonchev–Trinajstić information content (AvgIpc) is 3.06. The number of benzene rings is 1. The molecule has 0 spiro atoms. The Morgan fingerprint density at radius 2 is 1.95 bits per heavy atom. The highest BCUT2D eigenvalue weighted by Gasteiger charge is 2.26. The molecule has 1 aliphatic heterocycles. The van der Waals surface area contributed by atoms with Gasteiger partial charge in [0.1, 0.15) is 0 Å². The lowest BCUT2D eigenvalue weighted by Crippen LogP contribution is -2.03. The topological polar surface area (TPSA) is 47.6 Å². The third kappa shape index (κ3) is 2.06. The van der Waals surface area contributed by atoms with Gasteiger partial charge in [0.15, 0.2) is 11.5 Å². The predicted octanol–water partition coefficient (Wildman–Crippen LogP) is 3.26. The Labute approximate surface area is 120 Å². The number of amides is 1. The Hall–Kier alpha value is -2.27. The molecule has 1 aromatic carbocycles. The lowest BCUT2D eigenvalue weighted by atomic mass is 10.1. The van der Waals surface area contributed by atoms with Gasteiger partial charge in [-0.2, -0.15) is 0 Å². The number of rotatable bonds is 3. The molecular weight excluding hydrogens is 274 g/mol. The molecule has 0 saturated carbocycles. The van der Waals surface area contributed by atoms with Gasteiger partial charge < -0.3 is 14.8 Å². The van der Waals surface area contributed by atoms with Crippen LogP contribution in [0.25, 0.3) is 11.6 Å². The molecule has 0 bridgehead atoms. The van der Waals surface area contributed by atoms with Crippen LogP contribution < -0.4 is 14.8 Å². The third-order valence-electron chi connectivity index (χ3n) is 3.14. The van der Waals surface area contributed by atoms with Crippen molar-refractivity contribution < 1.29 is 14.3 Å². The van der Waals surface area contributed by atoms with Crippen molar-refractivity contribution in [2.24, 2.45) is 0 Å². The van der Waals surface area contributed by atoms with E-state index >= 15 is 0 Å². The number of anilines is 1. The molecule has 0 radical (unpaired) electrons. The number of methoxy groups -OCH3 is 2. The monoisotopic (exact) mass is 287 g/mol. The van der Waals surface area contributed by atoms with Gasteiger partial charge >= 0.3 is 0 Å². The molecule has 20 heavy (non-hydrogen) atoms. The van der Waals surface area contributed by atoms with Crippen LogP contribution in [-0.4, -0.2) is 20.1 Å².